The molecule has 0 aromatic carbocycles. The Balaban J connectivity index is 2.50. The van der Waals surface area contributed by atoms with Crippen molar-refractivity contribution in [3.8, 4) is 0 Å². The standard InChI is InChI=1S/C18H30N6O8S/c19-6-13(25)21-7-14(26)23-11(5-15(27)28)17(30)24-10(18(31)32)3-1-2-4-20-16(29)12-8-33-9-22-12/h10-12,22H,1-9,19H2,(H,20,29)(H,21,25)(H,23,26)(H,24,30)(H,27,28)(H,31,32)/t10-,11-,12+/m0/s1. The van der Waals surface area contributed by atoms with Crippen molar-refractivity contribution < 1.29 is 39.0 Å². The average Bonchev–Trinajstić information content (AvgIpc) is 3.30. The zero-order valence-electron chi connectivity index (χ0n) is 17.9. The maximum atomic E-state index is 12.4. The first-order chi connectivity index (χ1) is 15.6. The summed E-state index contributed by atoms with van der Waals surface area (Å²) in [6.07, 6.45) is 0.0931. The first kappa shape index (κ1) is 28.1. The van der Waals surface area contributed by atoms with Crippen molar-refractivity contribution in [3.63, 3.8) is 0 Å². The Morgan fingerprint density at radius 1 is 1.00 bits per heavy atom. The lowest BCUT2D eigenvalue weighted by atomic mass is 10.1. The smallest absolute Gasteiger partial charge is 0.326 e. The Kier molecular flexibility index (Phi) is 12.8. The van der Waals surface area contributed by atoms with Crippen LogP contribution in [-0.4, -0.2) is 95.2 Å². The van der Waals surface area contributed by atoms with Crippen LogP contribution in [0.25, 0.3) is 0 Å². The molecule has 186 valence electrons. The van der Waals surface area contributed by atoms with Crippen molar-refractivity contribution in [1.82, 2.24) is 26.6 Å². The van der Waals surface area contributed by atoms with Gasteiger partial charge in [0.1, 0.15) is 12.1 Å². The molecule has 1 saturated heterocycles. The van der Waals surface area contributed by atoms with Crippen molar-refractivity contribution in [2.24, 2.45) is 5.73 Å². The van der Waals surface area contributed by atoms with Crippen LogP contribution in [0.15, 0.2) is 0 Å². The summed E-state index contributed by atoms with van der Waals surface area (Å²) in [7, 11) is 0. The minimum Gasteiger partial charge on any atom is -0.481 e. The van der Waals surface area contributed by atoms with Gasteiger partial charge in [-0.25, -0.2) is 4.79 Å². The van der Waals surface area contributed by atoms with E-state index in [0.29, 0.717) is 31.0 Å². The van der Waals surface area contributed by atoms with Crippen LogP contribution in [0.4, 0.5) is 0 Å². The predicted molar refractivity (Wildman–Crippen MR) is 117 cm³/mol. The molecule has 0 aromatic rings. The highest BCUT2D eigenvalue weighted by Crippen LogP contribution is 2.09. The number of hydrogen-bond acceptors (Lipinski definition) is 9. The van der Waals surface area contributed by atoms with E-state index in [-0.39, 0.29) is 24.9 Å². The number of nitrogens with two attached hydrogens (primary N) is 1. The van der Waals surface area contributed by atoms with Crippen molar-refractivity contribution in [1.29, 1.82) is 0 Å². The topological polar surface area (TPSA) is 229 Å². The van der Waals surface area contributed by atoms with Gasteiger partial charge in [0, 0.05) is 18.2 Å². The van der Waals surface area contributed by atoms with Gasteiger partial charge in [-0.05, 0) is 19.3 Å². The number of carboxylic acids is 2. The highest BCUT2D eigenvalue weighted by atomic mass is 32.2. The van der Waals surface area contributed by atoms with E-state index in [4.69, 9.17) is 10.8 Å². The number of carbonyl (C=O) groups excluding carboxylic acids is 4. The van der Waals surface area contributed by atoms with Crippen molar-refractivity contribution >= 4 is 47.3 Å². The van der Waals surface area contributed by atoms with E-state index < -0.39 is 54.7 Å². The number of amides is 4. The molecule has 33 heavy (non-hydrogen) atoms. The highest BCUT2D eigenvalue weighted by molar-refractivity contribution is 7.99. The molecule has 15 heteroatoms. The molecule has 0 radical (unpaired) electrons. The first-order valence-electron chi connectivity index (χ1n) is 10.2. The maximum absolute atomic E-state index is 12.4. The van der Waals surface area contributed by atoms with E-state index in [1.807, 2.05) is 0 Å². The number of carboxylic acid groups (broad SMARTS) is 2. The summed E-state index contributed by atoms with van der Waals surface area (Å²) in [5, 5.41) is 30.7. The number of unbranched alkanes of at least 4 members (excludes halogenated alkanes) is 1. The average molecular weight is 491 g/mol. The fourth-order valence-electron chi connectivity index (χ4n) is 2.78. The zero-order valence-corrected chi connectivity index (χ0v) is 18.7. The summed E-state index contributed by atoms with van der Waals surface area (Å²) in [5.41, 5.74) is 5.09. The van der Waals surface area contributed by atoms with Crippen LogP contribution in [0.1, 0.15) is 25.7 Å². The van der Waals surface area contributed by atoms with Crippen LogP contribution in [0.2, 0.25) is 0 Å². The van der Waals surface area contributed by atoms with Crippen molar-refractivity contribution in [3.05, 3.63) is 0 Å². The van der Waals surface area contributed by atoms with E-state index in [0.717, 1.165) is 0 Å². The Morgan fingerprint density at radius 3 is 2.30 bits per heavy atom. The second-order valence-corrected chi connectivity index (χ2v) is 8.19. The fourth-order valence-corrected chi connectivity index (χ4v) is 3.72. The quantitative estimate of drug-likeness (QED) is 0.105. The van der Waals surface area contributed by atoms with Crippen molar-refractivity contribution in [2.75, 3.05) is 31.3 Å². The third-order valence-electron chi connectivity index (χ3n) is 4.53. The number of thioether (sulfide) groups is 1. The molecular weight excluding hydrogens is 460 g/mol. The minimum absolute atomic E-state index is 0.0365. The lowest BCUT2D eigenvalue weighted by Crippen LogP contribution is -2.53. The first-order valence-corrected chi connectivity index (χ1v) is 11.4. The number of aliphatic carboxylic acids is 2. The Morgan fingerprint density at radius 2 is 1.73 bits per heavy atom. The van der Waals surface area contributed by atoms with Gasteiger partial charge >= 0.3 is 11.9 Å². The van der Waals surface area contributed by atoms with Gasteiger partial charge in [-0.1, -0.05) is 0 Å². The second-order valence-electron chi connectivity index (χ2n) is 7.16. The molecule has 14 nitrogen and oxygen atoms in total. The van der Waals surface area contributed by atoms with E-state index in [9.17, 15) is 33.9 Å². The molecule has 0 aliphatic carbocycles. The van der Waals surface area contributed by atoms with Gasteiger partial charge < -0.3 is 37.2 Å². The van der Waals surface area contributed by atoms with E-state index in [1.165, 1.54) is 0 Å². The molecule has 3 atom stereocenters. The molecule has 0 bridgehead atoms. The lowest BCUT2D eigenvalue weighted by Gasteiger charge is -2.20. The molecule has 9 N–H and O–H groups in total. The van der Waals surface area contributed by atoms with E-state index in [1.54, 1.807) is 11.8 Å². The summed E-state index contributed by atoms with van der Waals surface area (Å²) in [6.45, 7) is -0.538. The summed E-state index contributed by atoms with van der Waals surface area (Å²) in [6, 6.07) is -3.10. The Hall–Kier alpha value is -2.91. The normalized spacial score (nSPS) is 16.8. The summed E-state index contributed by atoms with van der Waals surface area (Å²) in [5.74, 6) is -3.88. The molecule has 0 saturated carbocycles. The van der Waals surface area contributed by atoms with Crippen LogP contribution in [0.3, 0.4) is 0 Å². The number of rotatable bonds is 15. The molecule has 1 aliphatic rings. The van der Waals surface area contributed by atoms with Crippen LogP contribution in [0, 0.1) is 0 Å². The number of hydrogen-bond donors (Lipinski definition) is 8. The summed E-state index contributed by atoms with van der Waals surface area (Å²) < 4.78 is 0. The van der Waals surface area contributed by atoms with Gasteiger partial charge in [-0.2, -0.15) is 0 Å². The van der Waals surface area contributed by atoms with Gasteiger partial charge in [-0.3, -0.25) is 29.3 Å². The van der Waals surface area contributed by atoms with Gasteiger partial charge in [0.2, 0.25) is 23.6 Å². The fraction of sp³-hybridized carbons (Fsp3) is 0.667. The van der Waals surface area contributed by atoms with Crippen LogP contribution < -0.4 is 32.3 Å². The summed E-state index contributed by atoms with van der Waals surface area (Å²) >= 11 is 1.62. The molecule has 1 heterocycles. The van der Waals surface area contributed by atoms with Gasteiger partial charge in [0.25, 0.3) is 0 Å². The Bertz CT molecular complexity index is 731. The van der Waals surface area contributed by atoms with E-state index >= 15 is 0 Å². The Labute approximate surface area is 194 Å². The molecular formula is C18H30N6O8S. The van der Waals surface area contributed by atoms with Crippen LogP contribution in [-0.2, 0) is 28.8 Å². The molecule has 0 unspecified atom stereocenters. The molecule has 1 fully saturated rings. The molecule has 0 spiro atoms. The third kappa shape index (κ3) is 11.5. The highest BCUT2D eigenvalue weighted by Gasteiger charge is 2.28. The van der Waals surface area contributed by atoms with Gasteiger partial charge in [-0.15, -0.1) is 11.8 Å². The molecule has 4 amide bonds. The number of nitrogens with one attached hydrogen (secondary N) is 5. The van der Waals surface area contributed by atoms with Gasteiger partial charge in [0.05, 0.1) is 25.6 Å². The molecule has 1 aliphatic heterocycles. The van der Waals surface area contributed by atoms with Crippen LogP contribution in [0.5, 0.6) is 0 Å². The SMILES string of the molecule is NCC(=O)NCC(=O)N[C@@H](CC(=O)O)C(=O)N[C@@H](CCCCNC(=O)[C@H]1CSCN1)C(=O)O. The zero-order chi connectivity index (χ0) is 24.8. The van der Waals surface area contributed by atoms with Crippen molar-refractivity contribution in [2.45, 2.75) is 43.8 Å². The van der Waals surface area contributed by atoms with Crippen LogP contribution >= 0.6 is 11.8 Å². The second kappa shape index (κ2) is 15.0. The number of carbonyl (C=O) groups is 6. The third-order valence-corrected chi connectivity index (χ3v) is 5.47. The monoisotopic (exact) mass is 490 g/mol. The lowest BCUT2D eigenvalue weighted by molar-refractivity contribution is -0.143. The molecule has 0 aromatic heterocycles. The van der Waals surface area contributed by atoms with E-state index in [2.05, 4.69) is 26.6 Å². The van der Waals surface area contributed by atoms with Gasteiger partial charge in [0.15, 0.2) is 0 Å². The molecule has 1 rings (SSSR count). The summed E-state index contributed by atoms with van der Waals surface area (Å²) in [4.78, 5) is 69.9. The predicted octanol–water partition coefficient (Wildman–Crippen LogP) is -3.46. The minimum atomic E-state index is -1.54. The largest absolute Gasteiger partial charge is 0.481 e. The maximum Gasteiger partial charge on any atom is 0.326 e.